The molecular weight excluding hydrogens is 357 g/mol. The first-order chi connectivity index (χ1) is 12.5. The lowest BCUT2D eigenvalue weighted by Gasteiger charge is -2.30. The minimum Gasteiger partial charge on any atom is -0.324 e. The standard InChI is InChI=1S/C18H20FN3O3S/c19-17-6-2-1-4-15(17)13-26(24,25)22-10-7-14(8-11-22)18(23)21-16-5-3-9-20-12-16/h1-6,9,12,14H,7-8,10-11,13H2,(H,21,23). The Morgan fingerprint density at radius 1 is 1.19 bits per heavy atom. The van der Waals surface area contributed by atoms with E-state index in [1.165, 1.54) is 22.5 Å². The summed E-state index contributed by atoms with van der Waals surface area (Å²) in [6.07, 6.45) is 4.05. The SMILES string of the molecule is O=C(Nc1cccnc1)C1CCN(S(=O)(=O)Cc2ccccc2F)CC1. The van der Waals surface area contributed by atoms with Crippen molar-refractivity contribution in [1.29, 1.82) is 0 Å². The fourth-order valence-corrected chi connectivity index (χ4v) is 4.56. The molecule has 1 amide bonds. The molecule has 1 aromatic carbocycles. The Bertz CT molecular complexity index is 866. The van der Waals surface area contributed by atoms with Gasteiger partial charge >= 0.3 is 0 Å². The Morgan fingerprint density at radius 2 is 1.92 bits per heavy atom. The van der Waals surface area contributed by atoms with E-state index in [-0.39, 0.29) is 36.2 Å². The van der Waals surface area contributed by atoms with E-state index >= 15 is 0 Å². The van der Waals surface area contributed by atoms with Gasteiger partial charge in [0.2, 0.25) is 15.9 Å². The molecule has 0 aliphatic carbocycles. The van der Waals surface area contributed by atoms with Crippen LogP contribution in [-0.4, -0.2) is 36.7 Å². The summed E-state index contributed by atoms with van der Waals surface area (Å²) in [5.41, 5.74) is 0.774. The molecular formula is C18H20FN3O3S. The molecule has 8 heteroatoms. The number of hydrogen-bond acceptors (Lipinski definition) is 4. The van der Waals surface area contributed by atoms with E-state index in [1.807, 2.05) is 0 Å². The number of nitrogens with one attached hydrogen (secondary N) is 1. The van der Waals surface area contributed by atoms with Gasteiger partial charge < -0.3 is 5.32 Å². The maximum atomic E-state index is 13.7. The normalized spacial score (nSPS) is 16.3. The van der Waals surface area contributed by atoms with Crippen LogP contribution in [0.15, 0.2) is 48.8 Å². The van der Waals surface area contributed by atoms with Crippen molar-refractivity contribution in [3.05, 3.63) is 60.2 Å². The van der Waals surface area contributed by atoms with Crippen LogP contribution in [0.5, 0.6) is 0 Å². The van der Waals surface area contributed by atoms with E-state index in [4.69, 9.17) is 0 Å². The number of benzene rings is 1. The topological polar surface area (TPSA) is 79.4 Å². The number of halogens is 1. The second-order valence-electron chi connectivity index (χ2n) is 6.25. The summed E-state index contributed by atoms with van der Waals surface area (Å²) < 4.78 is 40.1. The Labute approximate surface area is 152 Å². The molecule has 1 aliphatic rings. The van der Waals surface area contributed by atoms with Crippen molar-refractivity contribution >= 4 is 21.6 Å². The molecule has 0 bridgehead atoms. The summed E-state index contributed by atoms with van der Waals surface area (Å²) in [6, 6.07) is 9.34. The first kappa shape index (κ1) is 18.5. The number of piperidine rings is 1. The highest BCUT2D eigenvalue weighted by Gasteiger charge is 2.31. The van der Waals surface area contributed by atoms with Gasteiger partial charge in [-0.1, -0.05) is 18.2 Å². The van der Waals surface area contributed by atoms with Crippen molar-refractivity contribution in [3.63, 3.8) is 0 Å². The predicted octanol–water partition coefficient (Wildman–Crippen LogP) is 2.40. The minimum absolute atomic E-state index is 0.135. The zero-order valence-electron chi connectivity index (χ0n) is 14.1. The molecule has 3 rings (SSSR count). The number of rotatable bonds is 5. The van der Waals surface area contributed by atoms with Crippen LogP contribution in [0.2, 0.25) is 0 Å². The van der Waals surface area contributed by atoms with Crippen LogP contribution in [-0.2, 0) is 20.6 Å². The number of carbonyl (C=O) groups excluding carboxylic acids is 1. The Balaban J connectivity index is 1.57. The maximum absolute atomic E-state index is 13.7. The average molecular weight is 377 g/mol. The van der Waals surface area contributed by atoms with E-state index in [0.717, 1.165) is 0 Å². The van der Waals surface area contributed by atoms with Gasteiger partial charge in [0.15, 0.2) is 0 Å². The van der Waals surface area contributed by atoms with Gasteiger partial charge in [-0.05, 0) is 31.0 Å². The lowest BCUT2D eigenvalue weighted by Crippen LogP contribution is -2.42. The van der Waals surface area contributed by atoms with Crippen molar-refractivity contribution in [1.82, 2.24) is 9.29 Å². The lowest BCUT2D eigenvalue weighted by atomic mass is 9.97. The highest BCUT2D eigenvalue weighted by Crippen LogP contribution is 2.23. The fourth-order valence-electron chi connectivity index (χ4n) is 2.98. The Morgan fingerprint density at radius 3 is 2.58 bits per heavy atom. The van der Waals surface area contributed by atoms with E-state index in [2.05, 4.69) is 10.3 Å². The largest absolute Gasteiger partial charge is 0.324 e. The zero-order chi connectivity index (χ0) is 18.6. The second-order valence-corrected chi connectivity index (χ2v) is 8.22. The number of hydrogen-bond donors (Lipinski definition) is 1. The predicted molar refractivity (Wildman–Crippen MR) is 96.2 cm³/mol. The molecule has 1 fully saturated rings. The van der Waals surface area contributed by atoms with Gasteiger partial charge in [0, 0.05) is 30.8 Å². The first-order valence-electron chi connectivity index (χ1n) is 8.38. The van der Waals surface area contributed by atoms with Gasteiger partial charge in [-0.3, -0.25) is 9.78 Å². The quantitative estimate of drug-likeness (QED) is 0.868. The molecule has 0 spiro atoms. The second kappa shape index (κ2) is 7.92. The van der Waals surface area contributed by atoms with E-state index < -0.39 is 15.8 Å². The number of anilines is 1. The molecule has 138 valence electrons. The monoisotopic (exact) mass is 377 g/mol. The third-order valence-corrected chi connectivity index (χ3v) is 6.27. The van der Waals surface area contributed by atoms with Crippen LogP contribution < -0.4 is 5.32 Å². The fraction of sp³-hybridized carbons (Fsp3) is 0.333. The zero-order valence-corrected chi connectivity index (χ0v) is 15.0. The minimum atomic E-state index is -3.62. The van der Waals surface area contributed by atoms with Crippen LogP contribution in [0, 0.1) is 11.7 Å². The number of sulfonamides is 1. The molecule has 0 radical (unpaired) electrons. The number of carbonyl (C=O) groups is 1. The molecule has 2 aromatic rings. The maximum Gasteiger partial charge on any atom is 0.227 e. The third kappa shape index (κ3) is 4.44. The number of pyridine rings is 1. The van der Waals surface area contributed by atoms with Crippen molar-refractivity contribution in [3.8, 4) is 0 Å². The van der Waals surface area contributed by atoms with E-state index in [0.29, 0.717) is 18.5 Å². The van der Waals surface area contributed by atoms with Crippen LogP contribution in [0.4, 0.5) is 10.1 Å². The van der Waals surface area contributed by atoms with Crippen molar-refractivity contribution < 1.29 is 17.6 Å². The van der Waals surface area contributed by atoms with Crippen LogP contribution >= 0.6 is 0 Å². The molecule has 1 aliphatic heterocycles. The molecule has 1 saturated heterocycles. The number of aromatic nitrogens is 1. The summed E-state index contributed by atoms with van der Waals surface area (Å²) in [4.78, 5) is 16.2. The molecule has 2 heterocycles. The summed E-state index contributed by atoms with van der Waals surface area (Å²) in [6.45, 7) is 0.504. The molecule has 0 atom stereocenters. The molecule has 1 aromatic heterocycles. The molecule has 1 N–H and O–H groups in total. The number of amides is 1. The van der Waals surface area contributed by atoms with Crippen molar-refractivity contribution in [2.75, 3.05) is 18.4 Å². The average Bonchev–Trinajstić information content (AvgIpc) is 2.64. The van der Waals surface area contributed by atoms with Gasteiger partial charge in [0.1, 0.15) is 5.82 Å². The molecule has 6 nitrogen and oxygen atoms in total. The van der Waals surface area contributed by atoms with Crippen molar-refractivity contribution in [2.24, 2.45) is 5.92 Å². The van der Waals surface area contributed by atoms with E-state index in [9.17, 15) is 17.6 Å². The summed E-state index contributed by atoms with van der Waals surface area (Å²) in [7, 11) is -3.62. The highest BCUT2D eigenvalue weighted by molar-refractivity contribution is 7.88. The van der Waals surface area contributed by atoms with Gasteiger partial charge in [0.25, 0.3) is 0 Å². The lowest BCUT2D eigenvalue weighted by molar-refractivity contribution is -0.120. The highest BCUT2D eigenvalue weighted by atomic mass is 32.2. The van der Waals surface area contributed by atoms with Gasteiger partial charge in [-0.25, -0.2) is 17.1 Å². The Kier molecular flexibility index (Phi) is 5.63. The summed E-state index contributed by atoms with van der Waals surface area (Å²) in [5, 5.41) is 2.79. The smallest absolute Gasteiger partial charge is 0.227 e. The molecule has 0 unspecified atom stereocenters. The van der Waals surface area contributed by atoms with Crippen LogP contribution in [0.1, 0.15) is 18.4 Å². The third-order valence-electron chi connectivity index (χ3n) is 4.44. The summed E-state index contributed by atoms with van der Waals surface area (Å²) in [5.74, 6) is -1.28. The van der Waals surface area contributed by atoms with Crippen molar-refractivity contribution in [2.45, 2.75) is 18.6 Å². The van der Waals surface area contributed by atoms with Gasteiger partial charge in [-0.15, -0.1) is 0 Å². The number of nitrogens with zero attached hydrogens (tertiary/aromatic N) is 2. The van der Waals surface area contributed by atoms with Crippen LogP contribution in [0.3, 0.4) is 0 Å². The Hall–Kier alpha value is -2.32. The summed E-state index contributed by atoms with van der Waals surface area (Å²) >= 11 is 0. The first-order valence-corrected chi connectivity index (χ1v) is 9.99. The molecule has 26 heavy (non-hydrogen) atoms. The van der Waals surface area contributed by atoms with Gasteiger partial charge in [-0.2, -0.15) is 0 Å². The van der Waals surface area contributed by atoms with E-state index in [1.54, 1.807) is 30.6 Å². The van der Waals surface area contributed by atoms with Gasteiger partial charge in [0.05, 0.1) is 17.6 Å². The van der Waals surface area contributed by atoms with Crippen LogP contribution in [0.25, 0.3) is 0 Å². The molecule has 0 saturated carbocycles.